The molecular formula is C25H30ClN5O3. The van der Waals surface area contributed by atoms with Gasteiger partial charge in [0.15, 0.2) is 0 Å². The van der Waals surface area contributed by atoms with Crippen molar-refractivity contribution < 1.29 is 14.3 Å². The maximum absolute atomic E-state index is 13.1. The number of likely N-dealkylation sites (tertiary alicyclic amines) is 1. The van der Waals surface area contributed by atoms with E-state index >= 15 is 0 Å². The number of benzene rings is 1. The third-order valence-corrected chi connectivity index (χ3v) is 7.12. The number of ether oxygens (including phenoxy) is 1. The van der Waals surface area contributed by atoms with Crippen LogP contribution in [0.15, 0.2) is 24.4 Å². The Morgan fingerprint density at radius 1 is 1.15 bits per heavy atom. The van der Waals surface area contributed by atoms with E-state index in [2.05, 4.69) is 15.3 Å². The number of nitrogens with one attached hydrogen (secondary N) is 1. The number of fused-ring (bicyclic) bond motifs is 1. The van der Waals surface area contributed by atoms with Crippen LogP contribution in [0.4, 0.5) is 5.95 Å². The second-order valence-electron chi connectivity index (χ2n) is 9.25. The third kappa shape index (κ3) is 5.03. The van der Waals surface area contributed by atoms with Gasteiger partial charge in [0.1, 0.15) is 6.54 Å². The summed E-state index contributed by atoms with van der Waals surface area (Å²) in [7, 11) is 0. The summed E-state index contributed by atoms with van der Waals surface area (Å²) in [6, 6.07) is 5.96. The minimum Gasteiger partial charge on any atom is -0.381 e. The Balaban J connectivity index is 1.31. The Bertz CT molecular complexity index is 1060. The average molecular weight is 484 g/mol. The Morgan fingerprint density at radius 2 is 1.91 bits per heavy atom. The molecule has 0 saturated carbocycles. The van der Waals surface area contributed by atoms with Gasteiger partial charge in [0.05, 0.1) is 16.9 Å². The van der Waals surface area contributed by atoms with E-state index in [1.54, 1.807) is 11.1 Å². The number of carbonyl (C=O) groups excluding carboxylic acids is 2. The highest BCUT2D eigenvalue weighted by Crippen LogP contribution is 2.31. The fraction of sp³-hybridized carbons (Fsp3) is 0.520. The molecule has 34 heavy (non-hydrogen) atoms. The molecule has 0 spiro atoms. The van der Waals surface area contributed by atoms with E-state index in [-0.39, 0.29) is 24.4 Å². The van der Waals surface area contributed by atoms with Gasteiger partial charge in [0, 0.05) is 50.0 Å². The molecule has 2 aromatic rings. The first-order valence-electron chi connectivity index (χ1n) is 12.2. The lowest BCUT2D eigenvalue weighted by molar-refractivity contribution is -0.131. The fourth-order valence-corrected chi connectivity index (χ4v) is 5.08. The van der Waals surface area contributed by atoms with Crippen molar-refractivity contribution in [2.45, 2.75) is 51.1 Å². The van der Waals surface area contributed by atoms with Gasteiger partial charge in [-0.2, -0.15) is 0 Å². The maximum Gasteiger partial charge on any atom is 0.254 e. The quantitative estimate of drug-likeness (QED) is 0.697. The predicted molar refractivity (Wildman–Crippen MR) is 130 cm³/mol. The number of amides is 2. The number of rotatable bonds is 5. The van der Waals surface area contributed by atoms with Crippen molar-refractivity contribution in [3.8, 4) is 11.3 Å². The zero-order chi connectivity index (χ0) is 23.5. The highest BCUT2D eigenvalue weighted by Gasteiger charge is 2.31. The standard InChI is InChI=1S/C25H30ClN5O3/c26-21-14-27-25(28-19-7-11-34-12-8-19)29-23(21)17-5-6-18-15-31(24(33)20(18)13-17)16-22(32)30-9-3-1-2-4-10-30/h5-6,13-14,19H,1-4,7-12,15-16H2,(H,27,28,29). The molecule has 0 radical (unpaired) electrons. The van der Waals surface area contributed by atoms with Crippen LogP contribution in [-0.4, -0.2) is 70.5 Å². The second kappa shape index (κ2) is 10.3. The first-order valence-corrected chi connectivity index (χ1v) is 12.5. The molecule has 2 fully saturated rings. The van der Waals surface area contributed by atoms with E-state index < -0.39 is 0 Å². The summed E-state index contributed by atoms with van der Waals surface area (Å²) in [6.07, 6.45) is 7.80. The van der Waals surface area contributed by atoms with Gasteiger partial charge in [-0.05, 0) is 37.3 Å². The van der Waals surface area contributed by atoms with Crippen LogP contribution in [0.2, 0.25) is 5.02 Å². The highest BCUT2D eigenvalue weighted by atomic mass is 35.5. The van der Waals surface area contributed by atoms with Gasteiger partial charge in [-0.15, -0.1) is 0 Å². The van der Waals surface area contributed by atoms with Crippen LogP contribution in [-0.2, 0) is 16.1 Å². The van der Waals surface area contributed by atoms with Crippen molar-refractivity contribution in [1.29, 1.82) is 0 Å². The fourth-order valence-electron chi connectivity index (χ4n) is 4.88. The molecule has 3 aliphatic rings. The van der Waals surface area contributed by atoms with E-state index in [9.17, 15) is 9.59 Å². The third-order valence-electron chi connectivity index (χ3n) is 6.85. The molecule has 0 unspecified atom stereocenters. The SMILES string of the molecule is O=C(CN1Cc2ccc(-c3nc(NC4CCOCC4)ncc3Cl)cc2C1=O)N1CCCCCC1. The minimum absolute atomic E-state index is 0.0333. The van der Waals surface area contributed by atoms with Gasteiger partial charge in [-0.3, -0.25) is 9.59 Å². The summed E-state index contributed by atoms with van der Waals surface area (Å²) in [6.45, 7) is 3.59. The van der Waals surface area contributed by atoms with Crippen LogP contribution in [0.25, 0.3) is 11.3 Å². The lowest BCUT2D eigenvalue weighted by Crippen LogP contribution is -2.40. The van der Waals surface area contributed by atoms with Crippen LogP contribution >= 0.6 is 11.6 Å². The lowest BCUT2D eigenvalue weighted by atomic mass is 10.0. The Hall–Kier alpha value is -2.71. The van der Waals surface area contributed by atoms with Crippen molar-refractivity contribution in [3.05, 3.63) is 40.5 Å². The molecule has 5 rings (SSSR count). The van der Waals surface area contributed by atoms with Crippen LogP contribution in [0.5, 0.6) is 0 Å². The molecule has 3 aliphatic heterocycles. The molecular weight excluding hydrogens is 454 g/mol. The van der Waals surface area contributed by atoms with Crippen LogP contribution < -0.4 is 5.32 Å². The summed E-state index contributed by atoms with van der Waals surface area (Å²) in [5.74, 6) is 0.430. The molecule has 0 aliphatic carbocycles. The topological polar surface area (TPSA) is 87.7 Å². The van der Waals surface area contributed by atoms with Crippen molar-refractivity contribution in [2.75, 3.05) is 38.2 Å². The molecule has 1 aromatic carbocycles. The van der Waals surface area contributed by atoms with Crippen LogP contribution in [0.1, 0.15) is 54.4 Å². The van der Waals surface area contributed by atoms with Crippen molar-refractivity contribution in [1.82, 2.24) is 19.8 Å². The summed E-state index contributed by atoms with van der Waals surface area (Å²) in [5.41, 5.74) is 2.87. The second-order valence-corrected chi connectivity index (χ2v) is 9.66. The number of carbonyl (C=O) groups is 2. The number of nitrogens with zero attached hydrogens (tertiary/aromatic N) is 4. The maximum atomic E-state index is 13.1. The Kier molecular flexibility index (Phi) is 6.97. The normalized spacial score (nSPS) is 19.1. The molecule has 4 heterocycles. The number of halogens is 1. The van der Waals surface area contributed by atoms with E-state index in [1.807, 2.05) is 23.1 Å². The predicted octanol–water partition coefficient (Wildman–Crippen LogP) is 3.75. The monoisotopic (exact) mass is 483 g/mol. The molecule has 8 nitrogen and oxygen atoms in total. The zero-order valence-electron chi connectivity index (χ0n) is 19.3. The van der Waals surface area contributed by atoms with Gasteiger partial charge in [0.2, 0.25) is 11.9 Å². The highest BCUT2D eigenvalue weighted by molar-refractivity contribution is 6.33. The number of anilines is 1. The first-order chi connectivity index (χ1) is 16.6. The summed E-state index contributed by atoms with van der Waals surface area (Å²) in [5, 5.41) is 3.79. The number of hydrogen-bond acceptors (Lipinski definition) is 6. The number of hydrogen-bond donors (Lipinski definition) is 1. The molecule has 9 heteroatoms. The van der Waals surface area contributed by atoms with E-state index in [1.165, 1.54) is 12.8 Å². The first kappa shape index (κ1) is 23.1. The average Bonchev–Trinajstić information content (AvgIpc) is 3.02. The van der Waals surface area contributed by atoms with E-state index in [0.717, 1.165) is 63.1 Å². The Labute approximate surface area is 204 Å². The lowest BCUT2D eigenvalue weighted by Gasteiger charge is -2.23. The van der Waals surface area contributed by atoms with Crippen molar-refractivity contribution >= 4 is 29.4 Å². The van der Waals surface area contributed by atoms with Gasteiger partial charge in [-0.25, -0.2) is 9.97 Å². The zero-order valence-corrected chi connectivity index (χ0v) is 20.0. The van der Waals surface area contributed by atoms with Gasteiger partial charge >= 0.3 is 0 Å². The summed E-state index contributed by atoms with van der Waals surface area (Å²) < 4.78 is 5.41. The molecule has 2 amide bonds. The summed E-state index contributed by atoms with van der Waals surface area (Å²) >= 11 is 6.44. The number of aromatic nitrogens is 2. The van der Waals surface area contributed by atoms with Gasteiger partial charge < -0.3 is 19.9 Å². The smallest absolute Gasteiger partial charge is 0.254 e. The molecule has 180 valence electrons. The molecule has 2 saturated heterocycles. The Morgan fingerprint density at radius 3 is 2.68 bits per heavy atom. The molecule has 0 atom stereocenters. The minimum atomic E-state index is -0.120. The summed E-state index contributed by atoms with van der Waals surface area (Å²) in [4.78, 5) is 38.5. The van der Waals surface area contributed by atoms with Crippen LogP contribution in [0, 0.1) is 0 Å². The van der Waals surface area contributed by atoms with E-state index in [4.69, 9.17) is 16.3 Å². The van der Waals surface area contributed by atoms with E-state index in [0.29, 0.717) is 28.8 Å². The van der Waals surface area contributed by atoms with Crippen molar-refractivity contribution in [2.24, 2.45) is 0 Å². The van der Waals surface area contributed by atoms with Crippen LogP contribution in [0.3, 0.4) is 0 Å². The van der Waals surface area contributed by atoms with Crippen molar-refractivity contribution in [3.63, 3.8) is 0 Å². The largest absolute Gasteiger partial charge is 0.381 e. The molecule has 1 aromatic heterocycles. The van der Waals surface area contributed by atoms with Gasteiger partial charge in [-0.1, -0.05) is 36.6 Å². The molecule has 1 N–H and O–H groups in total. The molecule has 0 bridgehead atoms. The van der Waals surface area contributed by atoms with Gasteiger partial charge in [0.25, 0.3) is 5.91 Å².